The number of hydrogen-bond acceptors (Lipinski definition) is 7. The monoisotopic (exact) mass is 356 g/mol. The van der Waals surface area contributed by atoms with E-state index in [-0.39, 0.29) is 27.5 Å². The van der Waals surface area contributed by atoms with Gasteiger partial charge in [-0.2, -0.15) is 0 Å². The summed E-state index contributed by atoms with van der Waals surface area (Å²) in [5.74, 6) is -0.351. The Balaban J connectivity index is 2.40. The van der Waals surface area contributed by atoms with Crippen molar-refractivity contribution in [3.63, 3.8) is 0 Å². The maximum Gasteiger partial charge on any atom is 0.316 e. The molecule has 2 aromatic rings. The van der Waals surface area contributed by atoms with Crippen LogP contribution in [0.5, 0.6) is 0 Å². The quantitative estimate of drug-likeness (QED) is 0.385. The third-order valence-electron chi connectivity index (χ3n) is 2.77. The van der Waals surface area contributed by atoms with Gasteiger partial charge < -0.3 is 20.4 Å². The molecule has 2 heterocycles. The number of ether oxygens (including phenoxy) is 1. The molecule has 1 amide bonds. The highest BCUT2D eigenvalue weighted by Crippen LogP contribution is 2.27. The summed E-state index contributed by atoms with van der Waals surface area (Å²) in [5, 5.41) is 0.912. The molecule has 0 unspecified atom stereocenters. The predicted molar refractivity (Wildman–Crippen MR) is 89.0 cm³/mol. The van der Waals surface area contributed by atoms with Crippen molar-refractivity contribution in [2.24, 2.45) is 5.73 Å². The van der Waals surface area contributed by atoms with Crippen LogP contribution in [0, 0.1) is 0 Å². The molecule has 0 atom stereocenters. The van der Waals surface area contributed by atoms with Crippen LogP contribution < -0.4 is 11.3 Å². The highest BCUT2D eigenvalue weighted by atomic mass is 32.2. The second kappa shape index (κ2) is 7.55. The highest BCUT2D eigenvalue weighted by Gasteiger charge is 2.21. The molecule has 0 saturated heterocycles. The van der Waals surface area contributed by atoms with Gasteiger partial charge in [-0.15, -0.1) is 11.8 Å². The van der Waals surface area contributed by atoms with Crippen molar-refractivity contribution in [1.82, 2.24) is 15.0 Å². The Morgan fingerprint density at radius 1 is 1.26 bits per heavy atom. The first kappa shape index (κ1) is 17.4. The number of esters is 1. The normalized spacial score (nSPS) is 10.9. The van der Waals surface area contributed by atoms with E-state index in [1.807, 2.05) is 6.92 Å². The molecule has 0 fully saturated rings. The number of primary amides is 1. The summed E-state index contributed by atoms with van der Waals surface area (Å²) in [6.45, 7) is 3.92. The van der Waals surface area contributed by atoms with E-state index in [9.17, 15) is 14.4 Å². The Bertz CT molecular complexity index is 799. The minimum absolute atomic E-state index is 0.0300. The Morgan fingerprint density at radius 3 is 2.61 bits per heavy atom. The molecule has 0 aliphatic carbocycles. The van der Waals surface area contributed by atoms with Gasteiger partial charge in [-0.25, -0.2) is 4.98 Å². The van der Waals surface area contributed by atoms with Crippen LogP contribution >= 0.6 is 23.5 Å². The lowest BCUT2D eigenvalue weighted by molar-refractivity contribution is -0.139. The highest BCUT2D eigenvalue weighted by molar-refractivity contribution is 7.99. The van der Waals surface area contributed by atoms with E-state index in [1.165, 1.54) is 11.8 Å². The van der Waals surface area contributed by atoms with Crippen molar-refractivity contribution in [1.29, 1.82) is 0 Å². The molecule has 0 aliphatic rings. The standard InChI is InChI=1S/C13H16N4O4S2/c1-3-21-6(18)5-23-13-16-10-8(11(20)17-13)7(9(14)19)12(15-10)22-4-2/h3-5H2,1-2H3,(H2,14,19)(H2,15,16,17,20). The van der Waals surface area contributed by atoms with E-state index >= 15 is 0 Å². The molecule has 10 heteroatoms. The third-order valence-corrected chi connectivity index (χ3v) is 4.50. The zero-order valence-electron chi connectivity index (χ0n) is 12.6. The number of fused-ring (bicyclic) bond motifs is 1. The minimum atomic E-state index is -0.688. The van der Waals surface area contributed by atoms with E-state index in [1.54, 1.807) is 6.92 Å². The molecule has 124 valence electrons. The van der Waals surface area contributed by atoms with Crippen molar-refractivity contribution in [2.75, 3.05) is 18.1 Å². The van der Waals surface area contributed by atoms with Crippen molar-refractivity contribution >= 4 is 46.4 Å². The first-order valence-electron chi connectivity index (χ1n) is 6.84. The number of carbonyl (C=O) groups excluding carboxylic acids is 2. The SMILES string of the molecule is CCOC(=O)CSc1nc2[nH]c(SCC)c(C(N)=O)c2c(=O)[nH]1. The molecule has 0 saturated carbocycles. The molecule has 23 heavy (non-hydrogen) atoms. The van der Waals surface area contributed by atoms with Gasteiger partial charge in [-0.3, -0.25) is 14.4 Å². The predicted octanol–water partition coefficient (Wildman–Crippen LogP) is 1.12. The number of aromatic nitrogens is 3. The Kier molecular flexibility index (Phi) is 5.72. The maximum absolute atomic E-state index is 12.3. The summed E-state index contributed by atoms with van der Waals surface area (Å²) in [7, 11) is 0. The molecule has 0 aromatic carbocycles. The number of rotatable bonds is 7. The molecule has 0 radical (unpaired) electrons. The average molecular weight is 356 g/mol. The third kappa shape index (κ3) is 3.88. The van der Waals surface area contributed by atoms with Crippen molar-refractivity contribution in [3.8, 4) is 0 Å². The maximum atomic E-state index is 12.3. The molecule has 8 nitrogen and oxygen atoms in total. The van der Waals surface area contributed by atoms with E-state index < -0.39 is 17.4 Å². The van der Waals surface area contributed by atoms with Crippen LogP contribution in [0.4, 0.5) is 0 Å². The number of nitrogens with one attached hydrogen (secondary N) is 2. The van der Waals surface area contributed by atoms with E-state index in [2.05, 4.69) is 15.0 Å². The fourth-order valence-electron chi connectivity index (χ4n) is 1.94. The van der Waals surface area contributed by atoms with Crippen molar-refractivity contribution in [3.05, 3.63) is 15.9 Å². The van der Waals surface area contributed by atoms with Crippen LogP contribution in [-0.2, 0) is 9.53 Å². The number of thioether (sulfide) groups is 2. The summed E-state index contributed by atoms with van der Waals surface area (Å²) in [4.78, 5) is 45.0. The molecule has 0 bridgehead atoms. The van der Waals surface area contributed by atoms with Gasteiger partial charge in [0.15, 0.2) is 5.16 Å². The van der Waals surface area contributed by atoms with Crippen LogP contribution in [0.15, 0.2) is 15.0 Å². The molecule has 2 rings (SSSR count). The van der Waals surface area contributed by atoms with Gasteiger partial charge >= 0.3 is 5.97 Å². The van der Waals surface area contributed by atoms with Gasteiger partial charge in [0, 0.05) is 0 Å². The topological polar surface area (TPSA) is 131 Å². The van der Waals surface area contributed by atoms with E-state index in [0.29, 0.717) is 17.4 Å². The summed E-state index contributed by atoms with van der Waals surface area (Å²) in [6.07, 6.45) is 0. The van der Waals surface area contributed by atoms with Gasteiger partial charge in [0.25, 0.3) is 11.5 Å². The second-order valence-electron chi connectivity index (χ2n) is 4.31. The minimum Gasteiger partial charge on any atom is -0.465 e. The van der Waals surface area contributed by atoms with Crippen molar-refractivity contribution < 1.29 is 14.3 Å². The zero-order valence-corrected chi connectivity index (χ0v) is 14.2. The molecular weight excluding hydrogens is 340 g/mol. The fraction of sp³-hybridized carbons (Fsp3) is 0.385. The lowest BCUT2D eigenvalue weighted by atomic mass is 10.2. The van der Waals surface area contributed by atoms with Gasteiger partial charge in [-0.1, -0.05) is 18.7 Å². The Labute approximate surface area is 140 Å². The second-order valence-corrected chi connectivity index (χ2v) is 6.55. The van der Waals surface area contributed by atoms with Crippen LogP contribution in [0.1, 0.15) is 24.2 Å². The Hall–Kier alpha value is -1.94. The number of carbonyl (C=O) groups is 2. The number of nitrogens with two attached hydrogens (primary N) is 1. The number of amides is 1. The molecular formula is C13H16N4O4S2. The molecule has 0 aliphatic heterocycles. The summed E-state index contributed by atoms with van der Waals surface area (Å²) in [5.41, 5.74) is 5.31. The number of nitrogens with zero attached hydrogens (tertiary/aromatic N) is 1. The largest absolute Gasteiger partial charge is 0.465 e. The van der Waals surface area contributed by atoms with Crippen LogP contribution in [0.3, 0.4) is 0 Å². The lowest BCUT2D eigenvalue weighted by Gasteiger charge is -2.01. The zero-order chi connectivity index (χ0) is 17.0. The lowest BCUT2D eigenvalue weighted by Crippen LogP contribution is -2.17. The first-order chi connectivity index (χ1) is 11.0. The summed E-state index contributed by atoms with van der Waals surface area (Å²) >= 11 is 2.42. The molecule has 0 spiro atoms. The van der Waals surface area contributed by atoms with Gasteiger partial charge in [0.2, 0.25) is 0 Å². The summed E-state index contributed by atoms with van der Waals surface area (Å²) in [6, 6.07) is 0. The first-order valence-corrected chi connectivity index (χ1v) is 8.82. The van der Waals surface area contributed by atoms with E-state index in [0.717, 1.165) is 11.8 Å². The van der Waals surface area contributed by atoms with Crippen LogP contribution in [-0.4, -0.2) is 44.9 Å². The van der Waals surface area contributed by atoms with Gasteiger partial charge in [-0.05, 0) is 12.7 Å². The molecule has 4 N–H and O–H groups in total. The number of aromatic amines is 2. The Morgan fingerprint density at radius 2 is 2.00 bits per heavy atom. The smallest absolute Gasteiger partial charge is 0.316 e. The average Bonchev–Trinajstić information content (AvgIpc) is 2.84. The van der Waals surface area contributed by atoms with Gasteiger partial charge in [0.05, 0.1) is 28.3 Å². The van der Waals surface area contributed by atoms with Crippen LogP contribution in [0.2, 0.25) is 0 Å². The van der Waals surface area contributed by atoms with E-state index in [4.69, 9.17) is 10.5 Å². The molecule has 2 aromatic heterocycles. The fourth-order valence-corrected chi connectivity index (χ4v) is 3.41. The van der Waals surface area contributed by atoms with Crippen molar-refractivity contribution in [2.45, 2.75) is 24.0 Å². The van der Waals surface area contributed by atoms with Crippen LogP contribution in [0.25, 0.3) is 11.0 Å². The van der Waals surface area contributed by atoms with Gasteiger partial charge in [0.1, 0.15) is 5.65 Å². The number of hydrogen-bond donors (Lipinski definition) is 3. The number of H-pyrrole nitrogens is 2. The summed E-state index contributed by atoms with van der Waals surface area (Å²) < 4.78 is 4.82.